The Hall–Kier alpha value is -2.64. The zero-order valence-corrected chi connectivity index (χ0v) is 16.0. The van der Waals surface area contributed by atoms with E-state index in [4.69, 9.17) is 16.3 Å². The molecule has 0 radical (unpaired) electrons. The Balaban J connectivity index is 1.65. The highest BCUT2D eigenvalue weighted by molar-refractivity contribution is 6.39. The first kappa shape index (κ1) is 20.1. The second-order valence-corrected chi connectivity index (χ2v) is 7.08. The molecule has 0 spiro atoms. The molecule has 0 heterocycles. The van der Waals surface area contributed by atoms with Crippen molar-refractivity contribution in [2.75, 3.05) is 19.0 Å². The molecular weight excluding hydrogens is 387 g/mol. The highest BCUT2D eigenvalue weighted by Crippen LogP contribution is 2.36. The van der Waals surface area contributed by atoms with E-state index in [1.807, 2.05) is 6.07 Å². The first-order valence-corrected chi connectivity index (χ1v) is 9.14. The molecule has 8 heteroatoms. The Kier molecular flexibility index (Phi) is 5.86. The molecule has 0 fully saturated rings. The van der Waals surface area contributed by atoms with E-state index in [0.717, 1.165) is 24.5 Å². The number of carbonyl (C=O) groups excluding carboxylic acids is 2. The van der Waals surface area contributed by atoms with Crippen LogP contribution in [0.1, 0.15) is 24.0 Å². The highest BCUT2D eigenvalue weighted by Gasteiger charge is 2.35. The van der Waals surface area contributed by atoms with E-state index in [0.29, 0.717) is 17.7 Å². The van der Waals surface area contributed by atoms with Crippen LogP contribution in [0.15, 0.2) is 36.4 Å². The molecule has 0 aliphatic heterocycles. The molecule has 2 aromatic rings. The van der Waals surface area contributed by atoms with Gasteiger partial charge in [-0.2, -0.15) is 0 Å². The van der Waals surface area contributed by atoms with Crippen LogP contribution in [0.4, 0.5) is 10.1 Å². The highest BCUT2D eigenvalue weighted by atomic mass is 35.5. The minimum Gasteiger partial charge on any atom is -0.497 e. The maximum atomic E-state index is 13.2. The molecule has 3 rings (SSSR count). The SMILES string of the molecule is COc1ccc2c(c1)CCC[C@@]2(O)CNC(=O)C(=O)Nc1ccc(F)c(Cl)c1. The van der Waals surface area contributed by atoms with Crippen molar-refractivity contribution in [1.82, 2.24) is 5.32 Å². The number of anilines is 1. The normalized spacial score (nSPS) is 18.1. The molecule has 28 heavy (non-hydrogen) atoms. The summed E-state index contributed by atoms with van der Waals surface area (Å²) in [5.41, 5.74) is 0.591. The summed E-state index contributed by atoms with van der Waals surface area (Å²) < 4.78 is 18.4. The molecule has 3 N–H and O–H groups in total. The van der Waals surface area contributed by atoms with Gasteiger partial charge < -0.3 is 20.5 Å². The number of aliphatic hydroxyl groups is 1. The predicted molar refractivity (Wildman–Crippen MR) is 103 cm³/mol. The monoisotopic (exact) mass is 406 g/mol. The quantitative estimate of drug-likeness (QED) is 0.681. The maximum absolute atomic E-state index is 13.2. The van der Waals surface area contributed by atoms with Gasteiger partial charge in [0.15, 0.2) is 0 Å². The van der Waals surface area contributed by atoms with E-state index in [1.165, 1.54) is 12.1 Å². The van der Waals surface area contributed by atoms with Crippen LogP contribution in [0, 0.1) is 5.82 Å². The third-order valence-electron chi connectivity index (χ3n) is 4.78. The molecule has 0 aromatic heterocycles. The van der Waals surface area contributed by atoms with Crippen LogP contribution < -0.4 is 15.4 Å². The van der Waals surface area contributed by atoms with Gasteiger partial charge >= 0.3 is 11.8 Å². The number of amides is 2. The summed E-state index contributed by atoms with van der Waals surface area (Å²) in [7, 11) is 1.57. The Morgan fingerprint density at radius 2 is 2.04 bits per heavy atom. The summed E-state index contributed by atoms with van der Waals surface area (Å²) in [6, 6.07) is 8.99. The molecule has 6 nitrogen and oxygen atoms in total. The van der Waals surface area contributed by atoms with Crippen molar-refractivity contribution in [2.45, 2.75) is 24.9 Å². The zero-order valence-electron chi connectivity index (χ0n) is 15.2. The minimum atomic E-state index is -1.27. The topological polar surface area (TPSA) is 87.7 Å². The van der Waals surface area contributed by atoms with Crippen molar-refractivity contribution in [1.29, 1.82) is 0 Å². The standard InChI is InChI=1S/C20H20ClFN2O4/c1-28-14-5-6-15-12(9-14)3-2-8-20(15,27)11-23-18(25)19(26)24-13-4-7-17(22)16(21)10-13/h4-7,9-10,27H,2-3,8,11H2,1H3,(H,23,25)(H,24,26)/t20-/m1/s1. The molecule has 1 aliphatic rings. The van der Waals surface area contributed by atoms with E-state index in [9.17, 15) is 19.1 Å². The first-order valence-electron chi connectivity index (χ1n) is 8.76. The van der Waals surface area contributed by atoms with E-state index in [-0.39, 0.29) is 17.3 Å². The van der Waals surface area contributed by atoms with Gasteiger partial charge in [-0.15, -0.1) is 0 Å². The number of halogens is 2. The first-order chi connectivity index (χ1) is 13.3. The molecule has 1 aliphatic carbocycles. The number of hydrogen-bond donors (Lipinski definition) is 3. The van der Waals surface area contributed by atoms with Crippen LogP contribution in [0.5, 0.6) is 5.75 Å². The summed E-state index contributed by atoms with van der Waals surface area (Å²) in [5, 5.41) is 15.7. The summed E-state index contributed by atoms with van der Waals surface area (Å²) in [4.78, 5) is 24.2. The van der Waals surface area contributed by atoms with Crippen molar-refractivity contribution < 1.29 is 23.8 Å². The summed E-state index contributed by atoms with van der Waals surface area (Å²) in [5.74, 6) is -1.77. The van der Waals surface area contributed by atoms with Gasteiger partial charge in [0.1, 0.15) is 17.2 Å². The van der Waals surface area contributed by atoms with E-state index >= 15 is 0 Å². The number of ether oxygens (including phenoxy) is 1. The maximum Gasteiger partial charge on any atom is 0.313 e. The van der Waals surface area contributed by atoms with Crippen LogP contribution in [0.25, 0.3) is 0 Å². The van der Waals surface area contributed by atoms with Crippen LogP contribution >= 0.6 is 11.6 Å². The molecule has 2 aromatic carbocycles. The number of methoxy groups -OCH3 is 1. The number of benzene rings is 2. The lowest BCUT2D eigenvalue weighted by atomic mass is 9.79. The number of fused-ring (bicyclic) bond motifs is 1. The third-order valence-corrected chi connectivity index (χ3v) is 5.06. The summed E-state index contributed by atoms with van der Waals surface area (Å²) >= 11 is 5.66. The number of carbonyl (C=O) groups is 2. The van der Waals surface area contributed by atoms with Crippen molar-refractivity contribution >= 4 is 29.1 Å². The van der Waals surface area contributed by atoms with Crippen LogP contribution in [-0.4, -0.2) is 30.6 Å². The average molecular weight is 407 g/mol. The van der Waals surface area contributed by atoms with Crippen molar-refractivity contribution in [2.24, 2.45) is 0 Å². The van der Waals surface area contributed by atoms with Crippen LogP contribution in [-0.2, 0) is 21.6 Å². The lowest BCUT2D eigenvalue weighted by molar-refractivity contribution is -0.137. The number of aryl methyl sites for hydroxylation is 1. The van der Waals surface area contributed by atoms with Gasteiger partial charge in [-0.25, -0.2) is 4.39 Å². The van der Waals surface area contributed by atoms with E-state index < -0.39 is 23.2 Å². The Morgan fingerprint density at radius 1 is 1.25 bits per heavy atom. The molecule has 0 bridgehead atoms. The molecular formula is C20H20ClFN2O4. The van der Waals surface area contributed by atoms with Gasteiger partial charge in [-0.3, -0.25) is 9.59 Å². The van der Waals surface area contributed by atoms with Gasteiger partial charge in [-0.1, -0.05) is 17.7 Å². The Bertz CT molecular complexity index is 921. The lowest BCUT2D eigenvalue weighted by Gasteiger charge is -2.34. The van der Waals surface area contributed by atoms with Gasteiger partial charge in [0.25, 0.3) is 0 Å². The van der Waals surface area contributed by atoms with Gasteiger partial charge in [0.2, 0.25) is 0 Å². The molecule has 0 unspecified atom stereocenters. The van der Waals surface area contributed by atoms with Gasteiger partial charge in [0.05, 0.1) is 18.7 Å². The van der Waals surface area contributed by atoms with Gasteiger partial charge in [-0.05, 0) is 60.7 Å². The fourth-order valence-corrected chi connectivity index (χ4v) is 3.50. The number of hydrogen-bond acceptors (Lipinski definition) is 4. The third kappa shape index (κ3) is 4.26. The smallest absolute Gasteiger partial charge is 0.313 e. The number of rotatable bonds is 4. The minimum absolute atomic E-state index is 0.108. The average Bonchev–Trinajstić information content (AvgIpc) is 2.68. The molecule has 0 saturated carbocycles. The molecule has 0 saturated heterocycles. The second-order valence-electron chi connectivity index (χ2n) is 6.67. The van der Waals surface area contributed by atoms with Crippen molar-refractivity contribution in [3.63, 3.8) is 0 Å². The summed E-state index contributed by atoms with van der Waals surface area (Å²) in [6.07, 6.45) is 2.00. The van der Waals surface area contributed by atoms with Crippen LogP contribution in [0.2, 0.25) is 5.02 Å². The van der Waals surface area contributed by atoms with Gasteiger partial charge in [0, 0.05) is 5.69 Å². The molecule has 148 valence electrons. The van der Waals surface area contributed by atoms with Crippen LogP contribution in [0.3, 0.4) is 0 Å². The fraction of sp³-hybridized carbons (Fsp3) is 0.300. The number of nitrogens with one attached hydrogen (secondary N) is 2. The van der Waals surface area contributed by atoms with E-state index in [1.54, 1.807) is 19.2 Å². The zero-order chi connectivity index (χ0) is 20.3. The Morgan fingerprint density at radius 3 is 2.75 bits per heavy atom. The Labute approximate surface area is 166 Å². The summed E-state index contributed by atoms with van der Waals surface area (Å²) in [6.45, 7) is -0.108. The van der Waals surface area contributed by atoms with E-state index in [2.05, 4.69) is 10.6 Å². The molecule has 1 atom stereocenters. The fourth-order valence-electron chi connectivity index (χ4n) is 3.32. The second kappa shape index (κ2) is 8.16. The largest absolute Gasteiger partial charge is 0.497 e. The lowest BCUT2D eigenvalue weighted by Crippen LogP contribution is -2.46. The molecule has 2 amide bonds. The van der Waals surface area contributed by atoms with Crippen molar-refractivity contribution in [3.8, 4) is 5.75 Å². The predicted octanol–water partition coefficient (Wildman–Crippen LogP) is 2.77. The van der Waals surface area contributed by atoms with Crippen molar-refractivity contribution in [3.05, 3.63) is 58.4 Å².